The van der Waals surface area contributed by atoms with Crippen LogP contribution < -0.4 is 0 Å². The Morgan fingerprint density at radius 1 is 1.17 bits per heavy atom. The lowest BCUT2D eigenvalue weighted by atomic mass is 10.1. The molecule has 0 unspecified atom stereocenters. The van der Waals surface area contributed by atoms with Crippen molar-refractivity contribution < 1.29 is 0 Å². The van der Waals surface area contributed by atoms with Crippen LogP contribution in [0, 0.1) is 0 Å². The van der Waals surface area contributed by atoms with E-state index in [9.17, 15) is 0 Å². The largest absolute Gasteiger partial charge is 0.277 e. The van der Waals surface area contributed by atoms with Crippen molar-refractivity contribution in [3.8, 4) is 5.69 Å². The van der Waals surface area contributed by atoms with Gasteiger partial charge in [0.2, 0.25) is 0 Å². The van der Waals surface area contributed by atoms with Gasteiger partial charge >= 0.3 is 0 Å². The standard InChI is InChI=1S/C13H9N5/c1-4-16-18(5-1)10-2-3-11-12(6-10)14-7-9-8-15-17-13(9)11/h1-8H,(H,15,17). The highest BCUT2D eigenvalue weighted by Crippen LogP contribution is 2.23. The van der Waals surface area contributed by atoms with Crippen LogP contribution in [0.3, 0.4) is 0 Å². The van der Waals surface area contributed by atoms with Gasteiger partial charge in [-0.15, -0.1) is 0 Å². The van der Waals surface area contributed by atoms with Gasteiger partial charge < -0.3 is 0 Å². The number of nitrogens with zero attached hydrogens (tertiary/aromatic N) is 4. The van der Waals surface area contributed by atoms with E-state index < -0.39 is 0 Å². The van der Waals surface area contributed by atoms with Gasteiger partial charge in [0, 0.05) is 29.4 Å². The molecule has 3 aromatic heterocycles. The highest BCUT2D eigenvalue weighted by molar-refractivity contribution is 6.03. The normalized spacial score (nSPS) is 11.3. The molecule has 0 amide bonds. The number of aromatic nitrogens is 5. The minimum Gasteiger partial charge on any atom is -0.277 e. The van der Waals surface area contributed by atoms with E-state index in [1.54, 1.807) is 12.4 Å². The van der Waals surface area contributed by atoms with Gasteiger partial charge in [-0.25, -0.2) is 4.68 Å². The molecule has 3 heterocycles. The third-order valence-corrected chi connectivity index (χ3v) is 3.03. The first-order chi connectivity index (χ1) is 8.92. The van der Waals surface area contributed by atoms with Gasteiger partial charge in [0.1, 0.15) is 0 Å². The summed E-state index contributed by atoms with van der Waals surface area (Å²) in [6, 6.07) is 7.98. The Kier molecular flexibility index (Phi) is 1.77. The first kappa shape index (κ1) is 9.35. The molecule has 1 aromatic carbocycles. The Morgan fingerprint density at radius 3 is 3.06 bits per heavy atom. The van der Waals surface area contributed by atoms with Crippen molar-refractivity contribution in [2.45, 2.75) is 0 Å². The fourth-order valence-corrected chi connectivity index (χ4v) is 2.15. The summed E-state index contributed by atoms with van der Waals surface area (Å²) in [5.41, 5.74) is 2.95. The molecule has 4 aromatic rings. The van der Waals surface area contributed by atoms with Crippen LogP contribution in [0.2, 0.25) is 0 Å². The minimum atomic E-state index is 0.930. The van der Waals surface area contributed by atoms with Crippen LogP contribution in [0.25, 0.3) is 27.5 Å². The molecule has 0 bridgehead atoms. The van der Waals surface area contributed by atoms with E-state index in [1.807, 2.05) is 41.3 Å². The quantitative estimate of drug-likeness (QED) is 0.550. The number of aromatic amines is 1. The van der Waals surface area contributed by atoms with E-state index in [-0.39, 0.29) is 0 Å². The van der Waals surface area contributed by atoms with Crippen LogP contribution in [-0.2, 0) is 0 Å². The summed E-state index contributed by atoms with van der Waals surface area (Å²) < 4.78 is 1.82. The minimum absolute atomic E-state index is 0.930. The van der Waals surface area contributed by atoms with Gasteiger partial charge in [-0.3, -0.25) is 10.1 Å². The molecule has 5 heteroatoms. The maximum absolute atomic E-state index is 4.45. The third-order valence-electron chi connectivity index (χ3n) is 3.03. The summed E-state index contributed by atoms with van der Waals surface area (Å²) in [5, 5.41) is 13.4. The molecule has 4 rings (SSSR count). The average molecular weight is 235 g/mol. The molecule has 0 spiro atoms. The second kappa shape index (κ2) is 3.40. The van der Waals surface area contributed by atoms with E-state index in [1.165, 1.54) is 0 Å². The summed E-state index contributed by atoms with van der Waals surface area (Å²) in [5.74, 6) is 0. The van der Waals surface area contributed by atoms with E-state index in [0.29, 0.717) is 0 Å². The lowest BCUT2D eigenvalue weighted by molar-refractivity contribution is 0.882. The summed E-state index contributed by atoms with van der Waals surface area (Å²) in [7, 11) is 0. The predicted molar refractivity (Wildman–Crippen MR) is 68.5 cm³/mol. The molecule has 0 atom stereocenters. The molecule has 0 saturated carbocycles. The number of nitrogens with one attached hydrogen (secondary N) is 1. The van der Waals surface area contributed by atoms with Crippen molar-refractivity contribution in [1.82, 2.24) is 25.0 Å². The Hall–Kier alpha value is -2.69. The molecule has 0 aliphatic heterocycles. The topological polar surface area (TPSA) is 59.4 Å². The van der Waals surface area contributed by atoms with Crippen LogP contribution >= 0.6 is 0 Å². The van der Waals surface area contributed by atoms with Gasteiger partial charge in [-0.05, 0) is 24.3 Å². The van der Waals surface area contributed by atoms with Crippen molar-refractivity contribution in [3.63, 3.8) is 0 Å². The van der Waals surface area contributed by atoms with Gasteiger partial charge in [0.15, 0.2) is 0 Å². The van der Waals surface area contributed by atoms with Crippen LogP contribution in [0.5, 0.6) is 0 Å². The Morgan fingerprint density at radius 2 is 2.17 bits per heavy atom. The number of H-pyrrole nitrogens is 1. The third kappa shape index (κ3) is 1.24. The molecule has 1 N–H and O–H groups in total. The summed E-state index contributed by atoms with van der Waals surface area (Å²) >= 11 is 0. The molecule has 18 heavy (non-hydrogen) atoms. The van der Waals surface area contributed by atoms with E-state index in [0.717, 1.165) is 27.5 Å². The molecule has 0 radical (unpaired) electrons. The smallest absolute Gasteiger partial charge is 0.0759 e. The highest BCUT2D eigenvalue weighted by atomic mass is 15.3. The average Bonchev–Trinajstić information content (AvgIpc) is 3.09. The van der Waals surface area contributed by atoms with Crippen LogP contribution in [0.15, 0.2) is 49.1 Å². The summed E-state index contributed by atoms with van der Waals surface area (Å²) in [6.45, 7) is 0. The van der Waals surface area contributed by atoms with Crippen LogP contribution in [0.4, 0.5) is 0 Å². The number of rotatable bonds is 1. The molecule has 0 fully saturated rings. The number of benzene rings is 1. The van der Waals surface area contributed by atoms with E-state index in [4.69, 9.17) is 0 Å². The van der Waals surface area contributed by atoms with Crippen LogP contribution in [-0.4, -0.2) is 25.0 Å². The zero-order valence-electron chi connectivity index (χ0n) is 9.41. The van der Waals surface area contributed by atoms with Gasteiger partial charge in [0.25, 0.3) is 0 Å². The van der Waals surface area contributed by atoms with E-state index >= 15 is 0 Å². The Bertz CT molecular complexity index is 829. The van der Waals surface area contributed by atoms with Crippen molar-refractivity contribution in [1.29, 1.82) is 0 Å². The molecular formula is C13H9N5. The van der Waals surface area contributed by atoms with Crippen molar-refractivity contribution >= 4 is 21.8 Å². The van der Waals surface area contributed by atoms with Gasteiger partial charge in [0.05, 0.1) is 22.9 Å². The van der Waals surface area contributed by atoms with Crippen molar-refractivity contribution in [3.05, 3.63) is 49.1 Å². The molecule has 86 valence electrons. The lowest BCUT2D eigenvalue weighted by Crippen LogP contribution is -1.94. The van der Waals surface area contributed by atoms with E-state index in [2.05, 4.69) is 20.3 Å². The fourth-order valence-electron chi connectivity index (χ4n) is 2.15. The number of hydrogen-bond acceptors (Lipinski definition) is 3. The molecule has 0 aliphatic rings. The monoisotopic (exact) mass is 235 g/mol. The second-order valence-electron chi connectivity index (χ2n) is 4.11. The maximum Gasteiger partial charge on any atom is 0.0759 e. The SMILES string of the molecule is c1cnn(-c2ccc3c(c2)ncc2cn[nH]c23)c1. The van der Waals surface area contributed by atoms with Crippen molar-refractivity contribution in [2.75, 3.05) is 0 Å². The molecular weight excluding hydrogens is 226 g/mol. The molecule has 0 aliphatic carbocycles. The molecule has 5 nitrogen and oxygen atoms in total. The first-order valence-corrected chi connectivity index (χ1v) is 5.64. The Labute approximate surface area is 102 Å². The Balaban J connectivity index is 2.03. The zero-order chi connectivity index (χ0) is 11.9. The molecule has 0 saturated heterocycles. The maximum atomic E-state index is 4.45. The van der Waals surface area contributed by atoms with Crippen LogP contribution in [0.1, 0.15) is 0 Å². The summed E-state index contributed by atoms with van der Waals surface area (Å²) in [6.07, 6.45) is 7.28. The number of fused-ring (bicyclic) bond motifs is 3. The van der Waals surface area contributed by atoms with Gasteiger partial charge in [-0.1, -0.05) is 0 Å². The first-order valence-electron chi connectivity index (χ1n) is 5.64. The number of hydrogen-bond donors (Lipinski definition) is 1. The van der Waals surface area contributed by atoms with Gasteiger partial charge in [-0.2, -0.15) is 10.2 Å². The lowest BCUT2D eigenvalue weighted by Gasteiger charge is -2.03. The fraction of sp³-hybridized carbons (Fsp3) is 0. The number of pyridine rings is 1. The van der Waals surface area contributed by atoms with Crippen molar-refractivity contribution in [2.24, 2.45) is 0 Å². The second-order valence-corrected chi connectivity index (χ2v) is 4.11. The predicted octanol–water partition coefficient (Wildman–Crippen LogP) is 2.30. The highest BCUT2D eigenvalue weighted by Gasteiger charge is 2.05. The zero-order valence-corrected chi connectivity index (χ0v) is 9.41. The summed E-state index contributed by atoms with van der Waals surface area (Å²) in [4.78, 5) is 4.45.